The first kappa shape index (κ1) is 27.5. The van der Waals surface area contributed by atoms with E-state index in [1.807, 2.05) is 19.2 Å². The molecule has 2 saturated heterocycles. The van der Waals surface area contributed by atoms with Crippen molar-refractivity contribution in [3.05, 3.63) is 45.7 Å². The SMILES string of the molecule is Cc1cc(N2CCC3(CCOCC3)CC2)nc2c(=O)n(COCC[Si](C)(C)C)c(-c3cc4ccsc4cn3)nc12. The number of rotatable bonds is 7. The molecule has 212 valence electrons. The van der Waals surface area contributed by atoms with E-state index in [2.05, 4.69) is 47.0 Å². The second-order valence-electron chi connectivity index (χ2n) is 12.6. The molecule has 0 saturated carbocycles. The van der Waals surface area contributed by atoms with Gasteiger partial charge in [0.1, 0.15) is 18.2 Å². The van der Waals surface area contributed by atoms with Gasteiger partial charge in [0.2, 0.25) is 0 Å². The van der Waals surface area contributed by atoms with Crippen molar-refractivity contribution >= 4 is 46.3 Å². The molecule has 10 heteroatoms. The fourth-order valence-electron chi connectivity index (χ4n) is 5.85. The van der Waals surface area contributed by atoms with Gasteiger partial charge >= 0.3 is 0 Å². The summed E-state index contributed by atoms with van der Waals surface area (Å²) in [6.07, 6.45) is 6.42. The lowest BCUT2D eigenvalue weighted by Gasteiger charge is -2.44. The van der Waals surface area contributed by atoms with Crippen molar-refractivity contribution in [2.75, 3.05) is 37.8 Å². The quantitative estimate of drug-likeness (QED) is 0.194. The number of nitrogens with zero attached hydrogens (tertiary/aromatic N) is 5. The third-order valence-corrected chi connectivity index (χ3v) is 11.1. The Morgan fingerprint density at radius 2 is 1.85 bits per heavy atom. The topological polar surface area (TPSA) is 82.4 Å². The third kappa shape index (κ3) is 5.59. The molecule has 0 aromatic carbocycles. The summed E-state index contributed by atoms with van der Waals surface area (Å²) in [4.78, 5) is 31.1. The lowest BCUT2D eigenvalue weighted by Crippen LogP contribution is -2.43. The monoisotopic (exact) mass is 577 g/mol. The number of thiophene rings is 1. The lowest BCUT2D eigenvalue weighted by atomic mass is 9.72. The molecular weight excluding hydrogens is 539 g/mol. The van der Waals surface area contributed by atoms with Crippen LogP contribution in [-0.2, 0) is 16.2 Å². The minimum absolute atomic E-state index is 0.129. The number of pyridine rings is 2. The molecule has 40 heavy (non-hydrogen) atoms. The summed E-state index contributed by atoms with van der Waals surface area (Å²) in [6.45, 7) is 13.4. The Morgan fingerprint density at radius 3 is 2.60 bits per heavy atom. The maximum Gasteiger partial charge on any atom is 0.282 e. The second kappa shape index (κ2) is 11.0. The van der Waals surface area contributed by atoms with Crippen LogP contribution in [0.5, 0.6) is 0 Å². The molecule has 6 rings (SSSR count). The van der Waals surface area contributed by atoms with Gasteiger partial charge in [-0.2, -0.15) is 0 Å². The molecule has 4 aromatic heterocycles. The molecule has 2 aliphatic heterocycles. The highest BCUT2D eigenvalue weighted by Gasteiger charge is 2.36. The second-order valence-corrected chi connectivity index (χ2v) is 19.2. The summed E-state index contributed by atoms with van der Waals surface area (Å²) < 4.78 is 14.4. The number of piperidine rings is 1. The van der Waals surface area contributed by atoms with Crippen molar-refractivity contribution in [1.29, 1.82) is 0 Å². The van der Waals surface area contributed by atoms with Crippen LogP contribution in [0.2, 0.25) is 25.7 Å². The van der Waals surface area contributed by atoms with E-state index in [1.165, 1.54) is 0 Å². The van der Waals surface area contributed by atoms with Crippen molar-refractivity contribution in [3.8, 4) is 11.5 Å². The fraction of sp³-hybridized carbons (Fsp3) is 0.533. The molecule has 0 atom stereocenters. The molecule has 0 amide bonds. The molecule has 0 aliphatic carbocycles. The lowest BCUT2D eigenvalue weighted by molar-refractivity contribution is 0.00206. The minimum atomic E-state index is -1.27. The highest BCUT2D eigenvalue weighted by atomic mass is 32.1. The Balaban J connectivity index is 1.37. The van der Waals surface area contributed by atoms with Crippen molar-refractivity contribution in [2.24, 2.45) is 5.41 Å². The zero-order chi connectivity index (χ0) is 27.9. The number of anilines is 1. The molecule has 0 radical (unpaired) electrons. The van der Waals surface area contributed by atoms with Gasteiger partial charge in [-0.15, -0.1) is 11.3 Å². The van der Waals surface area contributed by atoms with Crippen LogP contribution in [0.4, 0.5) is 5.82 Å². The molecule has 6 heterocycles. The number of fused-ring (bicyclic) bond motifs is 2. The van der Waals surface area contributed by atoms with E-state index in [0.717, 1.165) is 79.5 Å². The van der Waals surface area contributed by atoms with Gasteiger partial charge in [-0.3, -0.25) is 14.3 Å². The summed E-state index contributed by atoms with van der Waals surface area (Å²) in [5, 5.41) is 3.14. The molecule has 4 aromatic rings. The maximum absolute atomic E-state index is 14.1. The van der Waals surface area contributed by atoms with E-state index < -0.39 is 8.07 Å². The van der Waals surface area contributed by atoms with Crippen LogP contribution < -0.4 is 10.5 Å². The average molecular weight is 578 g/mol. The van der Waals surface area contributed by atoms with Crippen LogP contribution in [0, 0.1) is 12.3 Å². The molecular formula is C30H39N5O3SSi. The third-order valence-electron chi connectivity index (χ3n) is 8.58. The zero-order valence-corrected chi connectivity index (χ0v) is 25.9. The van der Waals surface area contributed by atoms with Crippen LogP contribution in [0.3, 0.4) is 0 Å². The van der Waals surface area contributed by atoms with Crippen LogP contribution >= 0.6 is 11.3 Å². The predicted molar refractivity (Wildman–Crippen MR) is 165 cm³/mol. The summed E-state index contributed by atoms with van der Waals surface area (Å²) in [7, 11) is -1.27. The first-order chi connectivity index (χ1) is 19.2. The largest absolute Gasteiger partial charge is 0.381 e. The molecule has 0 unspecified atom stereocenters. The number of aromatic nitrogens is 4. The van der Waals surface area contributed by atoms with E-state index >= 15 is 0 Å². The molecule has 0 bridgehead atoms. The number of ether oxygens (including phenoxy) is 2. The van der Waals surface area contributed by atoms with Gasteiger partial charge in [0.15, 0.2) is 11.3 Å². The van der Waals surface area contributed by atoms with Crippen molar-refractivity contribution in [3.63, 3.8) is 0 Å². The maximum atomic E-state index is 14.1. The minimum Gasteiger partial charge on any atom is -0.381 e. The van der Waals surface area contributed by atoms with Crippen molar-refractivity contribution in [1.82, 2.24) is 19.5 Å². The highest BCUT2D eigenvalue weighted by molar-refractivity contribution is 7.17. The molecule has 0 N–H and O–H groups in total. The van der Waals surface area contributed by atoms with Gasteiger partial charge in [-0.25, -0.2) is 9.97 Å². The summed E-state index contributed by atoms with van der Waals surface area (Å²) in [5.74, 6) is 1.39. The van der Waals surface area contributed by atoms with E-state index in [9.17, 15) is 4.79 Å². The number of hydrogen-bond donors (Lipinski definition) is 0. The predicted octanol–water partition coefficient (Wildman–Crippen LogP) is 6.09. The Morgan fingerprint density at radius 1 is 1.07 bits per heavy atom. The number of aryl methyl sites for hydroxylation is 1. The van der Waals surface area contributed by atoms with Gasteiger partial charge in [0, 0.05) is 47.2 Å². The Kier molecular flexibility index (Phi) is 7.54. The average Bonchev–Trinajstić information content (AvgIpc) is 3.41. The standard InChI is InChI=1S/C30H39N5O3SSi/c1-21-17-25(34-10-6-30(7-11-34)8-12-37-13-9-30)32-27-26(21)33-28(23-18-22-5-15-39-24(22)19-31-23)35(29(27)36)20-38-14-16-40(2,3)4/h5,15,17-19H,6-14,16,20H2,1-4H3. The zero-order valence-electron chi connectivity index (χ0n) is 24.0. The molecule has 2 fully saturated rings. The Labute approximate surface area is 240 Å². The first-order valence-corrected chi connectivity index (χ1v) is 19.0. The van der Waals surface area contributed by atoms with Crippen LogP contribution in [-0.4, -0.2) is 60.5 Å². The van der Waals surface area contributed by atoms with Gasteiger partial charge in [0.05, 0.1) is 10.2 Å². The fourth-order valence-corrected chi connectivity index (χ4v) is 7.34. The van der Waals surface area contributed by atoms with Crippen LogP contribution in [0.1, 0.15) is 31.2 Å². The summed E-state index contributed by atoms with van der Waals surface area (Å²) in [5.41, 5.74) is 2.87. The summed E-state index contributed by atoms with van der Waals surface area (Å²) in [6, 6.07) is 7.20. The van der Waals surface area contributed by atoms with Gasteiger partial charge in [-0.1, -0.05) is 19.6 Å². The molecule has 8 nitrogen and oxygen atoms in total. The normalized spacial score (nSPS) is 17.8. The molecule has 2 aliphatic rings. The van der Waals surface area contributed by atoms with E-state index in [1.54, 1.807) is 15.9 Å². The van der Waals surface area contributed by atoms with Gasteiger partial charge in [-0.05, 0) is 78.6 Å². The van der Waals surface area contributed by atoms with E-state index in [0.29, 0.717) is 34.6 Å². The van der Waals surface area contributed by atoms with E-state index in [4.69, 9.17) is 19.4 Å². The van der Waals surface area contributed by atoms with Gasteiger partial charge in [0.25, 0.3) is 5.56 Å². The van der Waals surface area contributed by atoms with Crippen LogP contribution in [0.25, 0.3) is 32.6 Å². The Bertz CT molecular complexity index is 1580. The van der Waals surface area contributed by atoms with Gasteiger partial charge < -0.3 is 14.4 Å². The summed E-state index contributed by atoms with van der Waals surface area (Å²) >= 11 is 1.65. The van der Waals surface area contributed by atoms with Crippen LogP contribution in [0.15, 0.2) is 34.6 Å². The smallest absolute Gasteiger partial charge is 0.282 e. The molecule has 1 spiro atoms. The van der Waals surface area contributed by atoms with Crippen molar-refractivity contribution in [2.45, 2.75) is 65.0 Å². The van der Waals surface area contributed by atoms with Crippen molar-refractivity contribution < 1.29 is 9.47 Å². The first-order valence-electron chi connectivity index (χ1n) is 14.4. The Hall–Kier alpha value is -2.66. The van der Waals surface area contributed by atoms with E-state index in [-0.39, 0.29) is 12.3 Å². The highest BCUT2D eigenvalue weighted by Crippen LogP contribution is 2.41. The number of hydrogen-bond acceptors (Lipinski definition) is 8.